The van der Waals surface area contributed by atoms with Crippen LogP contribution in [0.2, 0.25) is 0 Å². The highest BCUT2D eigenvalue weighted by atomic mass is 32.2. The van der Waals surface area contributed by atoms with Crippen molar-refractivity contribution in [1.29, 1.82) is 0 Å². The van der Waals surface area contributed by atoms with Gasteiger partial charge in [0.05, 0.1) is 6.42 Å². The van der Waals surface area contributed by atoms with Crippen molar-refractivity contribution in [3.05, 3.63) is 155 Å². The van der Waals surface area contributed by atoms with Crippen LogP contribution in [0.5, 0.6) is 0 Å². The number of nitrogens with one attached hydrogen (secondary N) is 1. The molecule has 3 atom stereocenters. The maximum absolute atomic E-state index is 14.1. The number of esters is 1. The van der Waals surface area contributed by atoms with E-state index in [4.69, 9.17) is 4.74 Å². The molecular formula is C36H30N2O5S2. The average Bonchev–Trinajstić information content (AvgIpc) is 3.09. The molecule has 9 heteroatoms. The Hall–Kier alpha value is -4.60. The third-order valence-corrected chi connectivity index (χ3v) is 9.77. The minimum absolute atomic E-state index is 0.124. The third-order valence-electron chi connectivity index (χ3n) is 7.62. The van der Waals surface area contributed by atoms with Crippen molar-refractivity contribution < 1.29 is 23.9 Å². The van der Waals surface area contributed by atoms with E-state index in [1.807, 2.05) is 121 Å². The standard InChI is InChI=1S/C36H30N2O5S2/c39-29(21-24-13-5-1-6-14-24)37-30-33(40)38-31(28(23-44-34(30)38)36(42)45-22-25-15-7-2-8-16-25)35(41)43-32(26-17-9-3-10-18-26)27-19-11-4-12-20-27/h1-20,23,30-32,34H,21-22H2,(H,37,39)/t30?,31?,34-/m0/s1. The lowest BCUT2D eigenvalue weighted by molar-refractivity contribution is -0.165. The number of β-lactam (4-membered cyclic amide) rings is 1. The Morgan fingerprint density at radius 2 is 1.31 bits per heavy atom. The van der Waals surface area contributed by atoms with Crippen LogP contribution >= 0.6 is 23.5 Å². The lowest BCUT2D eigenvalue weighted by atomic mass is 9.97. The van der Waals surface area contributed by atoms with Gasteiger partial charge in [-0.1, -0.05) is 133 Å². The van der Waals surface area contributed by atoms with Crippen molar-refractivity contribution in [3.63, 3.8) is 0 Å². The first kappa shape index (κ1) is 30.4. The van der Waals surface area contributed by atoms with Crippen molar-refractivity contribution in [2.24, 2.45) is 0 Å². The van der Waals surface area contributed by atoms with E-state index in [0.717, 1.165) is 34.0 Å². The Labute approximate surface area is 270 Å². The molecule has 2 amide bonds. The van der Waals surface area contributed by atoms with E-state index >= 15 is 0 Å². The van der Waals surface area contributed by atoms with Crippen LogP contribution in [0.25, 0.3) is 0 Å². The van der Waals surface area contributed by atoms with Crippen molar-refractivity contribution in [2.75, 3.05) is 0 Å². The number of benzene rings is 4. The fourth-order valence-electron chi connectivity index (χ4n) is 5.37. The first-order valence-electron chi connectivity index (χ1n) is 14.5. The van der Waals surface area contributed by atoms with Crippen molar-refractivity contribution in [3.8, 4) is 0 Å². The fraction of sp³-hybridized carbons (Fsp3) is 0.167. The Kier molecular flexibility index (Phi) is 9.47. The molecule has 1 N–H and O–H groups in total. The van der Waals surface area contributed by atoms with Gasteiger partial charge in [0.15, 0.2) is 12.1 Å². The van der Waals surface area contributed by atoms with Gasteiger partial charge in [-0.2, -0.15) is 0 Å². The summed E-state index contributed by atoms with van der Waals surface area (Å²) >= 11 is 2.32. The Morgan fingerprint density at radius 3 is 1.89 bits per heavy atom. The van der Waals surface area contributed by atoms with Gasteiger partial charge in [0.2, 0.25) is 16.9 Å². The average molecular weight is 635 g/mol. The summed E-state index contributed by atoms with van der Waals surface area (Å²) in [4.78, 5) is 55.6. The number of thioether (sulfide) groups is 2. The molecule has 0 saturated carbocycles. The molecule has 0 aromatic heterocycles. The molecule has 2 aliphatic heterocycles. The number of nitrogens with zero attached hydrogens (tertiary/aromatic N) is 1. The lowest BCUT2D eigenvalue weighted by Gasteiger charge is -2.51. The summed E-state index contributed by atoms with van der Waals surface area (Å²) in [6.45, 7) is 0. The monoisotopic (exact) mass is 634 g/mol. The van der Waals surface area contributed by atoms with Gasteiger partial charge >= 0.3 is 5.97 Å². The molecule has 0 bridgehead atoms. The normalized spacial score (nSPS) is 18.8. The molecule has 2 aliphatic rings. The molecule has 4 aromatic carbocycles. The molecule has 0 aliphatic carbocycles. The molecule has 2 unspecified atom stereocenters. The molecule has 7 nitrogen and oxygen atoms in total. The zero-order valence-corrected chi connectivity index (χ0v) is 25.8. The van der Waals surface area contributed by atoms with Gasteiger partial charge < -0.3 is 15.0 Å². The molecule has 1 fully saturated rings. The van der Waals surface area contributed by atoms with Crippen LogP contribution in [0.4, 0.5) is 0 Å². The molecular weight excluding hydrogens is 605 g/mol. The predicted octanol–water partition coefficient (Wildman–Crippen LogP) is 5.67. The summed E-state index contributed by atoms with van der Waals surface area (Å²) in [6.07, 6.45) is -0.627. The van der Waals surface area contributed by atoms with Gasteiger partial charge in [-0.25, -0.2) is 4.79 Å². The maximum Gasteiger partial charge on any atom is 0.334 e. The van der Waals surface area contributed by atoms with E-state index in [1.54, 1.807) is 5.41 Å². The molecule has 45 heavy (non-hydrogen) atoms. The van der Waals surface area contributed by atoms with Gasteiger partial charge in [0, 0.05) is 11.3 Å². The SMILES string of the molecule is O=C(Cc1ccccc1)NC1C(=O)N2C(C(=O)OC(c3ccccc3)c3ccccc3)C(C(=O)SCc3ccccc3)=CS[C@@H]12. The number of carbonyl (C=O) groups excluding carboxylic acids is 4. The number of carbonyl (C=O) groups is 4. The molecule has 226 valence electrons. The Balaban J connectivity index is 1.26. The number of amides is 2. The summed E-state index contributed by atoms with van der Waals surface area (Å²) in [5, 5.41) is 3.61. The molecule has 0 radical (unpaired) electrons. The van der Waals surface area contributed by atoms with Gasteiger partial charge in [0.1, 0.15) is 11.4 Å². The zero-order valence-electron chi connectivity index (χ0n) is 24.2. The lowest BCUT2D eigenvalue weighted by Crippen LogP contribution is -2.74. The minimum atomic E-state index is -1.25. The third kappa shape index (κ3) is 6.90. The first-order valence-corrected chi connectivity index (χ1v) is 16.4. The van der Waals surface area contributed by atoms with Crippen LogP contribution in [-0.2, 0) is 36.1 Å². The van der Waals surface area contributed by atoms with Gasteiger partial charge in [-0.3, -0.25) is 14.4 Å². The largest absolute Gasteiger partial charge is 0.451 e. The number of hydrogen-bond donors (Lipinski definition) is 1. The smallest absolute Gasteiger partial charge is 0.334 e. The second-order valence-electron chi connectivity index (χ2n) is 10.7. The molecule has 0 spiro atoms. The van der Waals surface area contributed by atoms with Crippen molar-refractivity contribution in [1.82, 2.24) is 10.2 Å². The van der Waals surface area contributed by atoms with Gasteiger partial charge in [0.25, 0.3) is 0 Å². The highest BCUT2D eigenvalue weighted by Gasteiger charge is 2.57. The molecule has 1 saturated heterocycles. The predicted molar refractivity (Wildman–Crippen MR) is 176 cm³/mol. The van der Waals surface area contributed by atoms with E-state index in [1.165, 1.54) is 16.7 Å². The molecule has 4 aromatic rings. The van der Waals surface area contributed by atoms with E-state index in [-0.39, 0.29) is 23.0 Å². The highest BCUT2D eigenvalue weighted by Crippen LogP contribution is 2.42. The summed E-state index contributed by atoms with van der Waals surface area (Å²) in [6, 6.07) is 35.4. The topological polar surface area (TPSA) is 92.8 Å². The second-order valence-corrected chi connectivity index (χ2v) is 12.6. The van der Waals surface area contributed by atoms with Gasteiger partial charge in [-0.15, -0.1) is 11.8 Å². The number of fused-ring (bicyclic) bond motifs is 1. The van der Waals surface area contributed by atoms with Crippen LogP contribution in [0.15, 0.2) is 132 Å². The Morgan fingerprint density at radius 1 is 0.778 bits per heavy atom. The first-order chi connectivity index (χ1) is 22.0. The Bertz CT molecular complexity index is 1660. The molecule has 6 rings (SSSR count). The van der Waals surface area contributed by atoms with E-state index in [0.29, 0.717) is 5.75 Å². The second kappa shape index (κ2) is 14.0. The van der Waals surface area contributed by atoms with Gasteiger partial charge in [-0.05, 0) is 27.7 Å². The van der Waals surface area contributed by atoms with E-state index < -0.39 is 35.4 Å². The number of rotatable bonds is 10. The number of ether oxygens (including phenoxy) is 1. The van der Waals surface area contributed by atoms with Crippen LogP contribution in [0, 0.1) is 0 Å². The highest BCUT2D eigenvalue weighted by molar-refractivity contribution is 8.13. The van der Waals surface area contributed by atoms with Crippen LogP contribution < -0.4 is 5.32 Å². The summed E-state index contributed by atoms with van der Waals surface area (Å²) < 4.78 is 6.17. The minimum Gasteiger partial charge on any atom is -0.451 e. The van der Waals surface area contributed by atoms with Crippen molar-refractivity contribution in [2.45, 2.75) is 35.7 Å². The van der Waals surface area contributed by atoms with Crippen LogP contribution in [0.1, 0.15) is 28.4 Å². The van der Waals surface area contributed by atoms with Crippen molar-refractivity contribution >= 4 is 46.4 Å². The fourth-order valence-corrected chi connectivity index (χ4v) is 7.49. The zero-order chi connectivity index (χ0) is 31.2. The number of hydrogen-bond acceptors (Lipinski definition) is 7. The van der Waals surface area contributed by atoms with E-state index in [2.05, 4.69) is 5.32 Å². The van der Waals surface area contributed by atoms with E-state index in [9.17, 15) is 19.2 Å². The van der Waals surface area contributed by atoms with Crippen LogP contribution in [0.3, 0.4) is 0 Å². The summed E-state index contributed by atoms with van der Waals surface area (Å²) in [5.74, 6) is -1.02. The quantitative estimate of drug-likeness (QED) is 0.177. The van der Waals surface area contributed by atoms with Crippen LogP contribution in [-0.4, -0.2) is 45.3 Å². The summed E-state index contributed by atoms with van der Waals surface area (Å²) in [5.41, 5.74) is 3.49. The molecule has 2 heterocycles. The maximum atomic E-state index is 14.1. The summed E-state index contributed by atoms with van der Waals surface area (Å²) in [7, 11) is 0.